The summed E-state index contributed by atoms with van der Waals surface area (Å²) in [5.41, 5.74) is 7.04. The van der Waals surface area contributed by atoms with Gasteiger partial charge in [0, 0.05) is 22.3 Å². The minimum atomic E-state index is 0.0725. The van der Waals surface area contributed by atoms with Crippen LogP contribution in [0.15, 0.2) is 44.6 Å². The molecule has 18 heavy (non-hydrogen) atoms. The number of carbonyl (C=O) groups is 2. The van der Waals surface area contributed by atoms with Crippen LogP contribution in [-0.4, -0.2) is 11.6 Å². The summed E-state index contributed by atoms with van der Waals surface area (Å²) >= 11 is 0. The number of rotatable bonds is 0. The lowest BCUT2D eigenvalue weighted by Crippen LogP contribution is -2.23. The van der Waals surface area contributed by atoms with E-state index in [9.17, 15) is 9.59 Å². The molecule has 3 aliphatic carbocycles. The highest BCUT2D eigenvalue weighted by molar-refractivity contribution is 6.32. The van der Waals surface area contributed by atoms with Crippen molar-refractivity contribution in [2.45, 2.75) is 40.5 Å². The lowest BCUT2D eigenvalue weighted by Gasteiger charge is -2.18. The minimum Gasteiger partial charge on any atom is -0.289 e. The molecule has 0 aromatic carbocycles. The maximum absolute atomic E-state index is 12.6. The second kappa shape index (κ2) is 3.41. The number of fused-ring (bicyclic) bond motifs is 1. The van der Waals surface area contributed by atoms with Crippen molar-refractivity contribution in [3.63, 3.8) is 0 Å². The molecule has 0 unspecified atom stereocenters. The summed E-state index contributed by atoms with van der Waals surface area (Å²) in [6.45, 7) is 7.88. The molecule has 92 valence electrons. The summed E-state index contributed by atoms with van der Waals surface area (Å²) in [5.74, 6) is 0.161. The SMILES string of the molecule is CC1=C(C)C2=C(C1)C(=O)C1=C(C)CC(C)=C1C2=O. The highest BCUT2D eigenvalue weighted by atomic mass is 16.1. The van der Waals surface area contributed by atoms with Crippen molar-refractivity contribution >= 4 is 11.6 Å². The summed E-state index contributed by atoms with van der Waals surface area (Å²) < 4.78 is 0. The summed E-state index contributed by atoms with van der Waals surface area (Å²) in [6.07, 6.45) is 1.42. The summed E-state index contributed by atoms with van der Waals surface area (Å²) in [6, 6.07) is 0. The topological polar surface area (TPSA) is 34.1 Å². The predicted octanol–water partition coefficient (Wildman–Crippen LogP) is 3.21. The first-order valence-electron chi connectivity index (χ1n) is 6.32. The fourth-order valence-corrected chi connectivity index (χ4v) is 3.32. The molecule has 0 spiro atoms. The number of hydrogen-bond acceptors (Lipinski definition) is 2. The van der Waals surface area contributed by atoms with Gasteiger partial charge in [-0.1, -0.05) is 16.7 Å². The maximum Gasteiger partial charge on any atom is 0.194 e. The van der Waals surface area contributed by atoms with Crippen molar-refractivity contribution in [2.24, 2.45) is 0 Å². The smallest absolute Gasteiger partial charge is 0.194 e. The number of carbonyl (C=O) groups excluding carboxylic acids is 2. The average Bonchev–Trinajstić information content (AvgIpc) is 2.75. The van der Waals surface area contributed by atoms with Crippen LogP contribution in [0, 0.1) is 0 Å². The molecule has 0 bridgehead atoms. The lowest BCUT2D eigenvalue weighted by molar-refractivity contribution is -0.116. The fourth-order valence-electron chi connectivity index (χ4n) is 3.32. The van der Waals surface area contributed by atoms with Gasteiger partial charge in [-0.15, -0.1) is 0 Å². The molecule has 0 aromatic rings. The molecule has 2 nitrogen and oxygen atoms in total. The van der Waals surface area contributed by atoms with Crippen molar-refractivity contribution < 1.29 is 9.59 Å². The molecule has 0 aliphatic heterocycles. The zero-order valence-electron chi connectivity index (χ0n) is 11.2. The van der Waals surface area contributed by atoms with E-state index >= 15 is 0 Å². The molecule has 0 atom stereocenters. The van der Waals surface area contributed by atoms with Crippen molar-refractivity contribution in [3.8, 4) is 0 Å². The van der Waals surface area contributed by atoms with Gasteiger partial charge in [-0.2, -0.15) is 0 Å². The molecular formula is C16H16O2. The van der Waals surface area contributed by atoms with Crippen LogP contribution in [0.4, 0.5) is 0 Å². The van der Waals surface area contributed by atoms with Crippen molar-refractivity contribution in [1.82, 2.24) is 0 Å². The van der Waals surface area contributed by atoms with E-state index in [1.807, 2.05) is 27.7 Å². The first-order valence-corrected chi connectivity index (χ1v) is 6.32. The molecule has 0 N–H and O–H groups in total. The Balaban J connectivity index is 2.29. The van der Waals surface area contributed by atoms with Crippen LogP contribution in [0.25, 0.3) is 0 Å². The van der Waals surface area contributed by atoms with Gasteiger partial charge in [0.2, 0.25) is 0 Å². The molecule has 0 radical (unpaired) electrons. The Morgan fingerprint density at radius 2 is 1.22 bits per heavy atom. The van der Waals surface area contributed by atoms with Crippen LogP contribution in [0.3, 0.4) is 0 Å². The van der Waals surface area contributed by atoms with E-state index in [2.05, 4.69) is 0 Å². The molecule has 0 saturated carbocycles. The molecule has 0 aromatic heterocycles. The van der Waals surface area contributed by atoms with Crippen LogP contribution in [0.2, 0.25) is 0 Å². The quantitative estimate of drug-likeness (QED) is 0.651. The van der Waals surface area contributed by atoms with Gasteiger partial charge in [-0.05, 0) is 46.1 Å². The van der Waals surface area contributed by atoms with Crippen LogP contribution >= 0.6 is 0 Å². The monoisotopic (exact) mass is 240 g/mol. The van der Waals surface area contributed by atoms with Gasteiger partial charge in [0.1, 0.15) is 0 Å². The zero-order valence-corrected chi connectivity index (χ0v) is 11.2. The Morgan fingerprint density at radius 1 is 0.667 bits per heavy atom. The highest BCUT2D eigenvalue weighted by Gasteiger charge is 2.42. The Hall–Kier alpha value is -1.70. The summed E-state index contributed by atoms with van der Waals surface area (Å²) in [4.78, 5) is 25.2. The third kappa shape index (κ3) is 1.18. The van der Waals surface area contributed by atoms with Crippen molar-refractivity contribution in [2.75, 3.05) is 0 Å². The van der Waals surface area contributed by atoms with E-state index in [1.54, 1.807) is 0 Å². The van der Waals surface area contributed by atoms with E-state index in [-0.39, 0.29) is 11.6 Å². The van der Waals surface area contributed by atoms with Gasteiger partial charge < -0.3 is 0 Å². The normalized spacial score (nSPS) is 23.6. The van der Waals surface area contributed by atoms with Gasteiger partial charge in [-0.3, -0.25) is 9.59 Å². The second-order valence-electron chi connectivity index (χ2n) is 5.58. The molecule has 0 fully saturated rings. The Labute approximate surface area is 107 Å². The largest absolute Gasteiger partial charge is 0.289 e. The van der Waals surface area contributed by atoms with Gasteiger partial charge in [0.15, 0.2) is 11.6 Å². The molecule has 0 heterocycles. The van der Waals surface area contributed by atoms with Crippen LogP contribution in [0.1, 0.15) is 40.5 Å². The van der Waals surface area contributed by atoms with Gasteiger partial charge in [-0.25, -0.2) is 0 Å². The molecule has 3 aliphatic rings. The predicted molar refractivity (Wildman–Crippen MR) is 70.0 cm³/mol. The third-order valence-corrected chi connectivity index (χ3v) is 4.35. The molecule has 3 rings (SSSR count). The summed E-state index contributed by atoms with van der Waals surface area (Å²) in [5, 5.41) is 0. The van der Waals surface area contributed by atoms with E-state index in [4.69, 9.17) is 0 Å². The third-order valence-electron chi connectivity index (χ3n) is 4.35. The van der Waals surface area contributed by atoms with E-state index in [0.29, 0.717) is 23.1 Å². The van der Waals surface area contributed by atoms with Crippen molar-refractivity contribution in [1.29, 1.82) is 0 Å². The lowest BCUT2D eigenvalue weighted by atomic mass is 9.81. The average molecular weight is 240 g/mol. The number of Topliss-reactive ketones (excluding diaryl/α,β-unsaturated/α-hetero) is 2. The number of hydrogen-bond donors (Lipinski definition) is 0. The van der Waals surface area contributed by atoms with E-state index in [1.165, 1.54) is 0 Å². The number of ketones is 2. The Bertz CT molecular complexity index is 649. The molecule has 0 saturated heterocycles. The maximum atomic E-state index is 12.6. The van der Waals surface area contributed by atoms with Gasteiger partial charge in [0.05, 0.1) is 0 Å². The van der Waals surface area contributed by atoms with Crippen molar-refractivity contribution in [3.05, 3.63) is 44.6 Å². The van der Waals surface area contributed by atoms with E-state index in [0.717, 1.165) is 34.3 Å². The molecular weight excluding hydrogens is 224 g/mol. The molecule has 2 heteroatoms. The standard InChI is InChI=1S/C16H16O2/c1-7-6-11-14(10(7)4)16(18)13-9(3)5-8(2)12(13)15(11)17/h5-6H2,1-4H3. The first kappa shape index (κ1) is 11.4. The van der Waals surface area contributed by atoms with Crippen LogP contribution in [0.5, 0.6) is 0 Å². The highest BCUT2D eigenvalue weighted by Crippen LogP contribution is 2.45. The first-order chi connectivity index (χ1) is 8.43. The van der Waals surface area contributed by atoms with Crippen LogP contribution in [-0.2, 0) is 9.59 Å². The van der Waals surface area contributed by atoms with E-state index < -0.39 is 0 Å². The Morgan fingerprint density at radius 3 is 1.83 bits per heavy atom. The zero-order chi connectivity index (χ0) is 13.2. The summed E-state index contributed by atoms with van der Waals surface area (Å²) in [7, 11) is 0. The Kier molecular flexibility index (Phi) is 2.16. The molecule has 0 amide bonds. The minimum absolute atomic E-state index is 0.0725. The van der Waals surface area contributed by atoms with Crippen LogP contribution < -0.4 is 0 Å². The fraction of sp³-hybridized carbons (Fsp3) is 0.375. The van der Waals surface area contributed by atoms with Gasteiger partial charge >= 0.3 is 0 Å². The number of allylic oxidation sites excluding steroid dienone is 8. The second-order valence-corrected chi connectivity index (χ2v) is 5.58. The van der Waals surface area contributed by atoms with Gasteiger partial charge in [0.25, 0.3) is 0 Å².